The fourth-order valence-electron chi connectivity index (χ4n) is 4.57. The van der Waals surface area contributed by atoms with Crippen LogP contribution in [0.2, 0.25) is 0 Å². The number of aromatic nitrogens is 2. The van der Waals surface area contributed by atoms with Crippen molar-refractivity contribution in [3.8, 4) is 11.8 Å². The first-order valence-corrected chi connectivity index (χ1v) is 12.0. The molecule has 8 nitrogen and oxygen atoms in total. The Bertz CT molecular complexity index is 1640. The summed E-state index contributed by atoms with van der Waals surface area (Å²) in [6.07, 6.45) is 2.09. The van der Waals surface area contributed by atoms with Gasteiger partial charge in [-0.15, -0.1) is 0 Å². The van der Waals surface area contributed by atoms with Crippen molar-refractivity contribution in [1.82, 2.24) is 9.38 Å². The molecule has 1 saturated heterocycles. The van der Waals surface area contributed by atoms with Crippen LogP contribution in [0.5, 0.6) is 5.75 Å². The summed E-state index contributed by atoms with van der Waals surface area (Å²) in [6.45, 7) is 2.81. The number of carbonyl (C=O) groups excluding carboxylic acids is 1. The molecule has 1 fully saturated rings. The van der Waals surface area contributed by atoms with Gasteiger partial charge in [-0.3, -0.25) is 14.0 Å². The van der Waals surface area contributed by atoms with Crippen molar-refractivity contribution in [2.75, 3.05) is 23.3 Å². The SMILES string of the molecule is Cc1cccc2ncc(C(=O)Nc3cc(C#N)ccc3N3CCC(Oc4ccc(F)cc4F)CC3)c(=O)n12. The molecule has 1 aliphatic rings. The second-order valence-electron chi connectivity index (χ2n) is 9.01. The summed E-state index contributed by atoms with van der Waals surface area (Å²) in [7, 11) is 0. The smallest absolute Gasteiger partial charge is 0.270 e. The lowest BCUT2D eigenvalue weighted by molar-refractivity contribution is 0.102. The van der Waals surface area contributed by atoms with E-state index in [0.29, 0.717) is 54.2 Å². The van der Waals surface area contributed by atoms with Crippen molar-refractivity contribution >= 4 is 22.9 Å². The van der Waals surface area contributed by atoms with Gasteiger partial charge >= 0.3 is 0 Å². The van der Waals surface area contributed by atoms with Gasteiger partial charge < -0.3 is 15.0 Å². The van der Waals surface area contributed by atoms with Crippen LogP contribution in [-0.4, -0.2) is 34.5 Å². The van der Waals surface area contributed by atoms with Crippen LogP contribution in [0.15, 0.2) is 65.6 Å². The number of pyridine rings is 1. The number of aryl methyl sites for hydroxylation is 1. The molecule has 0 saturated carbocycles. The minimum Gasteiger partial charge on any atom is -0.487 e. The lowest BCUT2D eigenvalue weighted by atomic mass is 10.1. The van der Waals surface area contributed by atoms with Crippen molar-refractivity contribution in [2.45, 2.75) is 25.9 Å². The maximum absolute atomic E-state index is 14.0. The van der Waals surface area contributed by atoms with Crippen LogP contribution in [0.1, 0.15) is 34.5 Å². The molecule has 2 aromatic carbocycles. The molecule has 0 radical (unpaired) electrons. The highest BCUT2D eigenvalue weighted by molar-refractivity contribution is 6.05. The van der Waals surface area contributed by atoms with Crippen LogP contribution >= 0.6 is 0 Å². The molecule has 2 aromatic heterocycles. The van der Waals surface area contributed by atoms with E-state index in [0.717, 1.165) is 12.1 Å². The van der Waals surface area contributed by atoms with Crippen LogP contribution < -0.4 is 20.5 Å². The predicted octanol–water partition coefficient (Wildman–Crippen LogP) is 4.45. The molecule has 4 aromatic rings. The van der Waals surface area contributed by atoms with Gasteiger partial charge in [-0.1, -0.05) is 6.07 Å². The van der Waals surface area contributed by atoms with E-state index >= 15 is 0 Å². The second kappa shape index (κ2) is 10.3. The highest BCUT2D eigenvalue weighted by Gasteiger charge is 2.25. The highest BCUT2D eigenvalue weighted by Crippen LogP contribution is 2.31. The average Bonchev–Trinajstić information content (AvgIpc) is 2.91. The van der Waals surface area contributed by atoms with E-state index in [9.17, 15) is 23.6 Å². The molecule has 192 valence electrons. The molecule has 1 amide bonds. The third-order valence-corrected chi connectivity index (χ3v) is 6.51. The maximum atomic E-state index is 14.0. The first-order valence-electron chi connectivity index (χ1n) is 12.0. The molecular formula is C28H23F2N5O3. The zero-order valence-electron chi connectivity index (χ0n) is 20.4. The molecule has 0 spiro atoms. The van der Waals surface area contributed by atoms with Gasteiger partial charge in [-0.2, -0.15) is 5.26 Å². The normalized spacial score (nSPS) is 13.8. The first-order chi connectivity index (χ1) is 18.3. The zero-order chi connectivity index (χ0) is 26.8. The monoisotopic (exact) mass is 515 g/mol. The van der Waals surface area contributed by atoms with Crippen molar-refractivity contribution in [3.63, 3.8) is 0 Å². The molecule has 0 atom stereocenters. The number of carbonyl (C=O) groups is 1. The summed E-state index contributed by atoms with van der Waals surface area (Å²) in [4.78, 5) is 32.5. The Kier molecular flexibility index (Phi) is 6.75. The largest absolute Gasteiger partial charge is 0.487 e. The summed E-state index contributed by atoms with van der Waals surface area (Å²) >= 11 is 0. The fraction of sp³-hybridized carbons (Fsp3) is 0.214. The van der Waals surface area contributed by atoms with E-state index < -0.39 is 23.1 Å². The second-order valence-corrected chi connectivity index (χ2v) is 9.01. The molecule has 5 rings (SSSR count). The molecule has 1 N–H and O–H groups in total. The van der Waals surface area contributed by atoms with Crippen molar-refractivity contribution in [1.29, 1.82) is 5.26 Å². The molecule has 1 aliphatic heterocycles. The molecule has 0 aliphatic carbocycles. The van der Waals surface area contributed by atoms with Crippen molar-refractivity contribution < 1.29 is 18.3 Å². The Hall–Kier alpha value is -4.78. The van der Waals surface area contributed by atoms with Gasteiger partial charge in [0.05, 0.1) is 23.0 Å². The summed E-state index contributed by atoms with van der Waals surface area (Å²) < 4.78 is 34.3. The van der Waals surface area contributed by atoms with Gasteiger partial charge in [-0.25, -0.2) is 13.8 Å². The van der Waals surface area contributed by atoms with E-state index in [1.165, 1.54) is 16.7 Å². The summed E-state index contributed by atoms with van der Waals surface area (Å²) in [5.41, 5.74) is 1.86. The predicted molar refractivity (Wildman–Crippen MR) is 138 cm³/mol. The average molecular weight is 516 g/mol. The Morgan fingerprint density at radius 3 is 2.66 bits per heavy atom. The van der Waals surface area contributed by atoms with E-state index in [4.69, 9.17) is 4.74 Å². The number of nitriles is 1. The van der Waals surface area contributed by atoms with Crippen LogP contribution in [-0.2, 0) is 0 Å². The molecular weight excluding hydrogens is 492 g/mol. The van der Waals surface area contributed by atoms with Gasteiger partial charge in [0.15, 0.2) is 11.6 Å². The third kappa shape index (κ3) is 4.91. The van der Waals surface area contributed by atoms with Crippen LogP contribution in [0.3, 0.4) is 0 Å². The quantitative estimate of drug-likeness (QED) is 0.422. The summed E-state index contributed by atoms with van der Waals surface area (Å²) in [5, 5.41) is 12.2. The van der Waals surface area contributed by atoms with Crippen LogP contribution in [0.4, 0.5) is 20.2 Å². The number of halogens is 2. The minimum absolute atomic E-state index is 0.00157. The zero-order valence-corrected chi connectivity index (χ0v) is 20.4. The number of rotatable bonds is 5. The van der Waals surface area contributed by atoms with Gasteiger partial charge in [0.2, 0.25) is 0 Å². The Labute approximate surface area is 216 Å². The number of nitrogens with one attached hydrogen (secondary N) is 1. The first kappa shape index (κ1) is 24.9. The standard InChI is InChI=1S/C28H23F2N5O3/c1-17-3-2-4-26-32-16-21(28(37)35(17)26)27(36)33-23-13-18(15-31)5-7-24(23)34-11-9-20(10-12-34)38-25-8-6-19(29)14-22(25)30/h2-8,13-14,16,20H,9-12H2,1H3,(H,33,36). The fourth-order valence-corrected chi connectivity index (χ4v) is 4.57. The van der Waals surface area contributed by atoms with E-state index in [2.05, 4.69) is 16.4 Å². The summed E-state index contributed by atoms with van der Waals surface area (Å²) in [6, 6.07) is 15.4. The van der Waals surface area contributed by atoms with Gasteiger partial charge in [0.1, 0.15) is 23.1 Å². The minimum atomic E-state index is -0.751. The highest BCUT2D eigenvalue weighted by atomic mass is 19.1. The Morgan fingerprint density at radius 1 is 1.13 bits per heavy atom. The lowest BCUT2D eigenvalue weighted by Crippen LogP contribution is -2.39. The number of piperidine rings is 1. The number of amides is 1. The Balaban J connectivity index is 1.36. The number of hydrogen-bond acceptors (Lipinski definition) is 6. The molecule has 0 bridgehead atoms. The number of nitrogens with zero attached hydrogens (tertiary/aromatic N) is 4. The number of hydrogen-bond donors (Lipinski definition) is 1. The lowest BCUT2D eigenvalue weighted by Gasteiger charge is -2.34. The third-order valence-electron chi connectivity index (χ3n) is 6.51. The number of fused-ring (bicyclic) bond motifs is 1. The Morgan fingerprint density at radius 2 is 1.92 bits per heavy atom. The summed E-state index contributed by atoms with van der Waals surface area (Å²) in [5.74, 6) is -2.06. The molecule has 3 heterocycles. The number of anilines is 2. The molecule has 38 heavy (non-hydrogen) atoms. The van der Waals surface area contributed by atoms with E-state index in [1.54, 1.807) is 43.3 Å². The number of ether oxygens (including phenoxy) is 1. The molecule has 10 heteroatoms. The van der Waals surface area contributed by atoms with Crippen LogP contribution in [0, 0.1) is 29.9 Å². The van der Waals surface area contributed by atoms with Crippen molar-refractivity contribution in [3.05, 3.63) is 99.6 Å². The van der Waals surface area contributed by atoms with Gasteiger partial charge in [0.25, 0.3) is 11.5 Å². The van der Waals surface area contributed by atoms with Gasteiger partial charge in [0, 0.05) is 43.9 Å². The topological polar surface area (TPSA) is 99.7 Å². The van der Waals surface area contributed by atoms with E-state index in [-0.39, 0.29) is 17.4 Å². The van der Waals surface area contributed by atoms with E-state index in [1.807, 2.05) is 4.90 Å². The van der Waals surface area contributed by atoms with Gasteiger partial charge in [-0.05, 0) is 49.4 Å². The van der Waals surface area contributed by atoms with Crippen molar-refractivity contribution in [2.24, 2.45) is 0 Å². The maximum Gasteiger partial charge on any atom is 0.270 e. The number of benzene rings is 2. The molecule has 0 unspecified atom stereocenters. The van der Waals surface area contributed by atoms with Crippen LogP contribution in [0.25, 0.3) is 5.65 Å².